The summed E-state index contributed by atoms with van der Waals surface area (Å²) in [7, 11) is 0. The Balaban J connectivity index is 1.27. The summed E-state index contributed by atoms with van der Waals surface area (Å²) < 4.78 is 2.43. The predicted molar refractivity (Wildman–Crippen MR) is 186 cm³/mol. The first-order chi connectivity index (χ1) is 21.8. The highest BCUT2D eigenvalue weighted by molar-refractivity contribution is 6.12. The number of para-hydroxylation sites is 2. The van der Waals surface area contributed by atoms with Crippen LogP contribution in [0, 0.1) is 0 Å². The van der Waals surface area contributed by atoms with Gasteiger partial charge in [0.1, 0.15) is 0 Å². The van der Waals surface area contributed by atoms with Gasteiger partial charge in [0, 0.05) is 38.3 Å². The van der Waals surface area contributed by atoms with E-state index in [1.807, 2.05) is 0 Å². The summed E-state index contributed by atoms with van der Waals surface area (Å²) in [6.45, 7) is 0. The topological polar surface area (TPSA) is 20.7 Å². The fourth-order valence-corrected chi connectivity index (χ4v) is 6.79. The van der Waals surface area contributed by atoms with E-state index in [1.165, 1.54) is 77.0 Å². The van der Waals surface area contributed by atoms with Crippen molar-refractivity contribution >= 4 is 43.6 Å². The van der Waals surface area contributed by atoms with E-state index in [9.17, 15) is 0 Å². The standard InChI is InChI=1S/C42H28N2/c1-3-11-28(12-4-1)32-23-33(29-13-5-2-6-14-29)25-34(24-32)44-41-18-10-8-16-36(41)38-27-31(20-22-42(38)44)30-19-21-40-37(26-30)35-15-7-9-17-39(35)43-40/h1-27,43H. The van der Waals surface area contributed by atoms with E-state index in [4.69, 9.17) is 0 Å². The fourth-order valence-electron chi connectivity index (χ4n) is 6.79. The molecule has 7 aromatic carbocycles. The average Bonchev–Trinajstić information content (AvgIpc) is 3.64. The van der Waals surface area contributed by atoms with Crippen molar-refractivity contribution in [3.63, 3.8) is 0 Å². The maximum atomic E-state index is 3.56. The van der Waals surface area contributed by atoms with Gasteiger partial charge in [-0.15, -0.1) is 0 Å². The highest BCUT2D eigenvalue weighted by atomic mass is 15.0. The number of aromatic nitrogens is 2. The lowest BCUT2D eigenvalue weighted by atomic mass is 9.98. The molecule has 2 heteroatoms. The Morgan fingerprint density at radius 3 is 1.59 bits per heavy atom. The van der Waals surface area contributed by atoms with E-state index in [0.29, 0.717) is 0 Å². The van der Waals surface area contributed by atoms with Crippen molar-refractivity contribution in [2.45, 2.75) is 0 Å². The molecule has 2 nitrogen and oxygen atoms in total. The van der Waals surface area contributed by atoms with Gasteiger partial charge < -0.3 is 9.55 Å². The van der Waals surface area contributed by atoms with E-state index >= 15 is 0 Å². The summed E-state index contributed by atoms with van der Waals surface area (Å²) in [5.41, 5.74) is 13.2. The molecule has 0 amide bonds. The van der Waals surface area contributed by atoms with E-state index in [0.717, 1.165) is 5.69 Å². The van der Waals surface area contributed by atoms with Crippen molar-refractivity contribution in [3.8, 4) is 39.1 Å². The molecule has 0 fully saturated rings. The maximum absolute atomic E-state index is 3.56. The van der Waals surface area contributed by atoms with Crippen LogP contribution >= 0.6 is 0 Å². The second-order valence-corrected chi connectivity index (χ2v) is 11.5. The number of rotatable bonds is 4. The number of H-pyrrole nitrogens is 1. The Hall–Kier alpha value is -5.86. The quantitative estimate of drug-likeness (QED) is 0.221. The highest BCUT2D eigenvalue weighted by Crippen LogP contribution is 2.38. The smallest absolute Gasteiger partial charge is 0.0541 e. The number of hydrogen-bond acceptors (Lipinski definition) is 0. The molecule has 0 radical (unpaired) electrons. The van der Waals surface area contributed by atoms with Gasteiger partial charge in [-0.3, -0.25) is 0 Å². The van der Waals surface area contributed by atoms with Gasteiger partial charge in [0.05, 0.1) is 11.0 Å². The third-order valence-electron chi connectivity index (χ3n) is 8.90. The Labute approximate surface area is 255 Å². The van der Waals surface area contributed by atoms with Crippen molar-refractivity contribution in [2.75, 3.05) is 0 Å². The molecule has 2 heterocycles. The minimum Gasteiger partial charge on any atom is -0.355 e. The van der Waals surface area contributed by atoms with Crippen LogP contribution in [0.15, 0.2) is 164 Å². The summed E-state index contributed by atoms with van der Waals surface area (Å²) in [4.78, 5) is 3.56. The van der Waals surface area contributed by atoms with E-state index in [2.05, 4.69) is 173 Å². The van der Waals surface area contributed by atoms with Crippen molar-refractivity contribution in [2.24, 2.45) is 0 Å². The lowest BCUT2D eigenvalue weighted by molar-refractivity contribution is 1.18. The molecule has 2 aromatic heterocycles. The van der Waals surface area contributed by atoms with Crippen LogP contribution in [0.3, 0.4) is 0 Å². The molecule has 0 atom stereocenters. The Morgan fingerprint density at radius 1 is 0.318 bits per heavy atom. The minimum atomic E-state index is 1.16. The average molecular weight is 561 g/mol. The third kappa shape index (κ3) is 3.96. The molecule has 0 saturated heterocycles. The van der Waals surface area contributed by atoms with Gasteiger partial charge in [0.2, 0.25) is 0 Å². The van der Waals surface area contributed by atoms with Crippen molar-refractivity contribution in [1.82, 2.24) is 9.55 Å². The van der Waals surface area contributed by atoms with Crippen molar-refractivity contribution in [3.05, 3.63) is 164 Å². The molecule has 9 aromatic rings. The van der Waals surface area contributed by atoms with Gasteiger partial charge in [-0.25, -0.2) is 0 Å². The number of benzene rings is 7. The third-order valence-corrected chi connectivity index (χ3v) is 8.90. The van der Waals surface area contributed by atoms with Gasteiger partial charge in [-0.05, 0) is 88.0 Å². The number of hydrogen-bond donors (Lipinski definition) is 1. The molecule has 44 heavy (non-hydrogen) atoms. The van der Waals surface area contributed by atoms with Crippen LogP contribution in [0.1, 0.15) is 0 Å². The predicted octanol–water partition coefficient (Wildman–Crippen LogP) is 11.4. The molecule has 0 bridgehead atoms. The lowest BCUT2D eigenvalue weighted by Gasteiger charge is -2.14. The Morgan fingerprint density at radius 2 is 0.864 bits per heavy atom. The van der Waals surface area contributed by atoms with E-state index < -0.39 is 0 Å². The van der Waals surface area contributed by atoms with E-state index in [1.54, 1.807) is 0 Å². The molecule has 0 spiro atoms. The number of nitrogens with zero attached hydrogens (tertiary/aromatic N) is 1. The molecular weight excluding hydrogens is 532 g/mol. The molecule has 9 rings (SSSR count). The van der Waals surface area contributed by atoms with Gasteiger partial charge in [0.25, 0.3) is 0 Å². The van der Waals surface area contributed by atoms with Gasteiger partial charge >= 0.3 is 0 Å². The molecule has 0 aliphatic carbocycles. The summed E-state index contributed by atoms with van der Waals surface area (Å²) in [5.74, 6) is 0. The maximum Gasteiger partial charge on any atom is 0.0541 e. The fraction of sp³-hybridized carbons (Fsp3) is 0. The van der Waals surface area contributed by atoms with Crippen LogP contribution in [0.5, 0.6) is 0 Å². The molecule has 0 aliphatic heterocycles. The number of aromatic amines is 1. The molecule has 1 N–H and O–H groups in total. The van der Waals surface area contributed by atoms with Crippen LogP contribution < -0.4 is 0 Å². The van der Waals surface area contributed by atoms with Gasteiger partial charge in [-0.2, -0.15) is 0 Å². The molecule has 0 unspecified atom stereocenters. The Bertz CT molecular complexity index is 2420. The van der Waals surface area contributed by atoms with Crippen molar-refractivity contribution < 1.29 is 0 Å². The first-order valence-electron chi connectivity index (χ1n) is 15.1. The zero-order valence-electron chi connectivity index (χ0n) is 24.0. The largest absolute Gasteiger partial charge is 0.355 e. The van der Waals surface area contributed by atoms with Gasteiger partial charge in [-0.1, -0.05) is 109 Å². The summed E-state index contributed by atoms with van der Waals surface area (Å²) in [6.07, 6.45) is 0. The van der Waals surface area contributed by atoms with Gasteiger partial charge in [0.15, 0.2) is 0 Å². The first-order valence-corrected chi connectivity index (χ1v) is 15.1. The zero-order valence-corrected chi connectivity index (χ0v) is 24.0. The SMILES string of the molecule is c1ccc(-c2cc(-c3ccccc3)cc(-n3c4ccccc4c4cc(-c5ccc6[nH]c7ccccc7c6c5)ccc43)c2)cc1. The molecular formula is C42H28N2. The molecule has 0 saturated carbocycles. The van der Waals surface area contributed by atoms with Crippen LogP contribution in [-0.4, -0.2) is 9.55 Å². The lowest BCUT2D eigenvalue weighted by Crippen LogP contribution is -1.96. The minimum absolute atomic E-state index is 1.16. The van der Waals surface area contributed by atoms with Crippen LogP contribution in [-0.2, 0) is 0 Å². The molecule has 0 aliphatic rings. The Kier molecular flexibility index (Phi) is 5.54. The second kappa shape index (κ2) is 9.86. The molecule has 206 valence electrons. The van der Waals surface area contributed by atoms with Crippen LogP contribution in [0.2, 0.25) is 0 Å². The van der Waals surface area contributed by atoms with Crippen LogP contribution in [0.25, 0.3) is 82.7 Å². The summed E-state index contributed by atoms with van der Waals surface area (Å²) >= 11 is 0. The normalized spacial score (nSPS) is 11.6. The second-order valence-electron chi connectivity index (χ2n) is 11.5. The number of nitrogens with one attached hydrogen (secondary N) is 1. The number of fused-ring (bicyclic) bond motifs is 6. The van der Waals surface area contributed by atoms with Crippen LogP contribution in [0.4, 0.5) is 0 Å². The monoisotopic (exact) mass is 560 g/mol. The zero-order chi connectivity index (χ0) is 29.0. The summed E-state index contributed by atoms with van der Waals surface area (Å²) in [5, 5.41) is 5.02. The van der Waals surface area contributed by atoms with E-state index in [-0.39, 0.29) is 0 Å². The van der Waals surface area contributed by atoms with Crippen molar-refractivity contribution in [1.29, 1.82) is 0 Å². The highest BCUT2D eigenvalue weighted by Gasteiger charge is 2.16. The first kappa shape index (κ1) is 24.7. The summed E-state index contributed by atoms with van der Waals surface area (Å²) in [6, 6.07) is 59.3.